The van der Waals surface area contributed by atoms with Crippen molar-refractivity contribution in [3.63, 3.8) is 0 Å². The molecule has 0 bridgehead atoms. The lowest BCUT2D eigenvalue weighted by Gasteiger charge is -2.08. The van der Waals surface area contributed by atoms with E-state index in [1.54, 1.807) is 30.3 Å². The number of rotatable bonds is 6. The predicted molar refractivity (Wildman–Crippen MR) is 88.2 cm³/mol. The average Bonchev–Trinajstić information content (AvgIpc) is 2.60. The second-order valence-corrected chi connectivity index (χ2v) is 4.82. The largest absolute Gasteiger partial charge is 0.481 e. The van der Waals surface area contributed by atoms with Crippen LogP contribution in [0.4, 0.5) is 10.1 Å². The molecule has 0 atom stereocenters. The summed E-state index contributed by atoms with van der Waals surface area (Å²) in [7, 11) is 0. The van der Waals surface area contributed by atoms with Crippen LogP contribution in [0.5, 0.6) is 5.75 Å². The van der Waals surface area contributed by atoms with Crippen molar-refractivity contribution in [3.8, 4) is 11.8 Å². The third-order valence-electron chi connectivity index (χ3n) is 3.06. The summed E-state index contributed by atoms with van der Waals surface area (Å²) in [4.78, 5) is 22.8. The molecular weight excluding hydrogens is 327 g/mol. The topological polar surface area (TPSA) is 99.4 Å². The zero-order valence-corrected chi connectivity index (χ0v) is 12.9. The van der Waals surface area contributed by atoms with Crippen molar-refractivity contribution >= 4 is 23.6 Å². The summed E-state index contributed by atoms with van der Waals surface area (Å²) in [5.41, 5.74) is 0.0164. The van der Waals surface area contributed by atoms with Gasteiger partial charge in [0.25, 0.3) is 5.91 Å². The molecule has 2 N–H and O–H groups in total. The standard InChI is InChI=1S/C18H13FN2O4/c19-14-6-2-3-7-15(14)21-18(24)13(10-20)9-12-5-1-4-8-16(12)25-11-17(22)23/h1-9H,11H2,(H,21,24)(H,22,23)/b13-9-. The number of para-hydroxylation sites is 2. The highest BCUT2D eigenvalue weighted by Gasteiger charge is 2.13. The molecule has 0 fully saturated rings. The van der Waals surface area contributed by atoms with E-state index in [0.717, 1.165) is 0 Å². The number of hydrogen-bond donors (Lipinski definition) is 2. The van der Waals surface area contributed by atoms with Gasteiger partial charge < -0.3 is 15.2 Å². The number of nitriles is 1. The molecule has 0 unspecified atom stereocenters. The minimum Gasteiger partial charge on any atom is -0.481 e. The number of carboxylic acid groups (broad SMARTS) is 1. The average molecular weight is 340 g/mol. The van der Waals surface area contributed by atoms with Gasteiger partial charge in [-0.25, -0.2) is 9.18 Å². The Morgan fingerprint density at radius 2 is 1.88 bits per heavy atom. The van der Waals surface area contributed by atoms with Gasteiger partial charge in [-0.3, -0.25) is 4.79 Å². The van der Waals surface area contributed by atoms with E-state index < -0.39 is 24.3 Å². The number of nitrogens with zero attached hydrogens (tertiary/aromatic N) is 1. The van der Waals surface area contributed by atoms with E-state index in [2.05, 4.69) is 5.32 Å². The fourth-order valence-electron chi connectivity index (χ4n) is 1.93. The molecule has 1 amide bonds. The molecule has 0 aromatic heterocycles. The van der Waals surface area contributed by atoms with Crippen LogP contribution in [0.1, 0.15) is 5.56 Å². The lowest BCUT2D eigenvalue weighted by molar-refractivity contribution is -0.139. The van der Waals surface area contributed by atoms with Crippen molar-refractivity contribution in [3.05, 3.63) is 65.5 Å². The summed E-state index contributed by atoms with van der Waals surface area (Å²) in [5, 5.41) is 20.2. The van der Waals surface area contributed by atoms with E-state index in [9.17, 15) is 19.2 Å². The van der Waals surface area contributed by atoms with Crippen LogP contribution < -0.4 is 10.1 Å². The summed E-state index contributed by atoms with van der Waals surface area (Å²) in [6.07, 6.45) is 1.24. The highest BCUT2D eigenvalue weighted by molar-refractivity contribution is 6.09. The number of amides is 1. The highest BCUT2D eigenvalue weighted by Crippen LogP contribution is 2.22. The number of ether oxygens (including phenoxy) is 1. The number of carbonyl (C=O) groups excluding carboxylic acids is 1. The Kier molecular flexibility index (Phi) is 5.85. The second kappa shape index (κ2) is 8.26. The molecule has 6 nitrogen and oxygen atoms in total. The smallest absolute Gasteiger partial charge is 0.341 e. The molecule has 0 aliphatic carbocycles. The Hall–Kier alpha value is -3.66. The maximum atomic E-state index is 13.6. The number of nitrogens with one attached hydrogen (secondary N) is 1. The first-order valence-corrected chi connectivity index (χ1v) is 7.12. The fourth-order valence-corrected chi connectivity index (χ4v) is 1.93. The van der Waals surface area contributed by atoms with Crippen molar-refractivity contribution in [1.29, 1.82) is 5.26 Å². The third-order valence-corrected chi connectivity index (χ3v) is 3.06. The minimum absolute atomic E-state index is 0.0518. The van der Waals surface area contributed by atoms with Crippen molar-refractivity contribution in [1.82, 2.24) is 0 Å². The summed E-state index contributed by atoms with van der Waals surface area (Å²) in [6.45, 7) is -0.561. The molecule has 126 valence electrons. The molecule has 7 heteroatoms. The van der Waals surface area contributed by atoms with Gasteiger partial charge in [-0.05, 0) is 24.3 Å². The quantitative estimate of drug-likeness (QED) is 0.622. The van der Waals surface area contributed by atoms with Crippen LogP contribution in [0.3, 0.4) is 0 Å². The monoisotopic (exact) mass is 340 g/mol. The van der Waals surface area contributed by atoms with Gasteiger partial charge in [-0.1, -0.05) is 30.3 Å². The second-order valence-electron chi connectivity index (χ2n) is 4.82. The molecule has 25 heavy (non-hydrogen) atoms. The van der Waals surface area contributed by atoms with Gasteiger partial charge in [0.05, 0.1) is 5.69 Å². The molecule has 0 spiro atoms. The first kappa shape index (κ1) is 17.7. The van der Waals surface area contributed by atoms with Gasteiger partial charge in [0.2, 0.25) is 0 Å². The van der Waals surface area contributed by atoms with Crippen molar-refractivity contribution in [2.45, 2.75) is 0 Å². The van der Waals surface area contributed by atoms with Crippen molar-refractivity contribution in [2.24, 2.45) is 0 Å². The van der Waals surface area contributed by atoms with Crippen LogP contribution in [0.2, 0.25) is 0 Å². The number of carboxylic acids is 1. The molecule has 2 aromatic carbocycles. The van der Waals surface area contributed by atoms with E-state index in [1.165, 1.54) is 30.3 Å². The zero-order chi connectivity index (χ0) is 18.2. The Labute approximate surface area is 142 Å². The highest BCUT2D eigenvalue weighted by atomic mass is 19.1. The normalized spacial score (nSPS) is 10.6. The molecule has 0 aliphatic heterocycles. The van der Waals surface area contributed by atoms with Gasteiger partial charge in [-0.2, -0.15) is 5.26 Å². The fraction of sp³-hybridized carbons (Fsp3) is 0.0556. The van der Waals surface area contributed by atoms with E-state index >= 15 is 0 Å². The molecule has 0 radical (unpaired) electrons. The summed E-state index contributed by atoms with van der Waals surface area (Å²) >= 11 is 0. The summed E-state index contributed by atoms with van der Waals surface area (Å²) in [6, 6.07) is 13.6. The predicted octanol–water partition coefficient (Wildman–Crippen LogP) is 2.83. The van der Waals surface area contributed by atoms with E-state index in [0.29, 0.717) is 5.56 Å². The Morgan fingerprint density at radius 1 is 1.20 bits per heavy atom. The molecule has 0 saturated heterocycles. The Balaban J connectivity index is 2.25. The van der Waals surface area contributed by atoms with Crippen LogP contribution in [-0.2, 0) is 9.59 Å². The number of aliphatic carboxylic acids is 1. The van der Waals surface area contributed by atoms with Crippen LogP contribution in [0, 0.1) is 17.1 Å². The van der Waals surface area contributed by atoms with Gasteiger partial charge in [0.15, 0.2) is 6.61 Å². The van der Waals surface area contributed by atoms with Crippen LogP contribution in [-0.4, -0.2) is 23.6 Å². The SMILES string of the molecule is N#C/C(=C/c1ccccc1OCC(=O)O)C(=O)Nc1ccccc1F. The lowest BCUT2D eigenvalue weighted by Crippen LogP contribution is -2.14. The van der Waals surface area contributed by atoms with Gasteiger partial charge >= 0.3 is 5.97 Å². The van der Waals surface area contributed by atoms with Gasteiger partial charge in [0.1, 0.15) is 23.2 Å². The van der Waals surface area contributed by atoms with Crippen molar-refractivity contribution < 1.29 is 23.8 Å². The summed E-state index contributed by atoms with van der Waals surface area (Å²) in [5.74, 6) is -2.37. The molecule has 2 rings (SSSR count). The number of halogens is 1. The lowest BCUT2D eigenvalue weighted by atomic mass is 10.1. The summed E-state index contributed by atoms with van der Waals surface area (Å²) < 4.78 is 18.7. The van der Waals surface area contributed by atoms with E-state index in [4.69, 9.17) is 9.84 Å². The van der Waals surface area contributed by atoms with Gasteiger partial charge in [-0.15, -0.1) is 0 Å². The Bertz CT molecular complexity index is 871. The van der Waals surface area contributed by atoms with Crippen LogP contribution in [0.15, 0.2) is 54.1 Å². The van der Waals surface area contributed by atoms with E-state index in [-0.39, 0.29) is 17.0 Å². The molecule has 0 heterocycles. The molecular formula is C18H13FN2O4. The minimum atomic E-state index is -1.16. The van der Waals surface area contributed by atoms with Crippen LogP contribution in [0.25, 0.3) is 6.08 Å². The molecule has 0 aliphatic rings. The first-order valence-electron chi connectivity index (χ1n) is 7.12. The molecule has 0 saturated carbocycles. The third kappa shape index (κ3) is 4.91. The van der Waals surface area contributed by atoms with Gasteiger partial charge in [0, 0.05) is 5.56 Å². The van der Waals surface area contributed by atoms with Crippen molar-refractivity contribution in [2.75, 3.05) is 11.9 Å². The van der Waals surface area contributed by atoms with E-state index in [1.807, 2.05) is 0 Å². The Morgan fingerprint density at radius 3 is 2.56 bits per heavy atom. The zero-order valence-electron chi connectivity index (χ0n) is 12.9. The number of hydrogen-bond acceptors (Lipinski definition) is 4. The maximum Gasteiger partial charge on any atom is 0.341 e. The number of carbonyl (C=O) groups is 2. The molecule has 2 aromatic rings. The maximum absolute atomic E-state index is 13.6. The number of anilines is 1. The van der Waals surface area contributed by atoms with Crippen LogP contribution >= 0.6 is 0 Å². The first-order chi connectivity index (χ1) is 12.0. The number of benzene rings is 2.